The van der Waals surface area contributed by atoms with E-state index in [0.717, 1.165) is 48.3 Å². The molecule has 32 heavy (non-hydrogen) atoms. The summed E-state index contributed by atoms with van der Waals surface area (Å²) in [6.45, 7) is 2.11. The van der Waals surface area contributed by atoms with Crippen molar-refractivity contribution in [2.45, 2.75) is 37.8 Å². The van der Waals surface area contributed by atoms with Crippen LogP contribution in [0.15, 0.2) is 58.4 Å². The summed E-state index contributed by atoms with van der Waals surface area (Å²) in [5.41, 5.74) is 5.53. The van der Waals surface area contributed by atoms with E-state index >= 15 is 0 Å². The summed E-state index contributed by atoms with van der Waals surface area (Å²) in [7, 11) is 0. The Morgan fingerprint density at radius 1 is 0.750 bits per heavy atom. The molecule has 0 bridgehead atoms. The van der Waals surface area contributed by atoms with Gasteiger partial charge in [0, 0.05) is 16.5 Å². The molecule has 0 saturated carbocycles. The molecule has 6 nitrogen and oxygen atoms in total. The second-order valence-corrected chi connectivity index (χ2v) is 9.37. The summed E-state index contributed by atoms with van der Waals surface area (Å²) in [4.78, 5) is 9.46. The quantitative estimate of drug-likeness (QED) is 0.432. The summed E-state index contributed by atoms with van der Waals surface area (Å²) in [6, 6.07) is 17.6. The Bertz CT molecular complexity index is 1090. The first-order valence-electron chi connectivity index (χ1n) is 11.3. The van der Waals surface area contributed by atoms with Gasteiger partial charge in [0.25, 0.3) is 0 Å². The second-order valence-electron chi connectivity index (χ2n) is 8.48. The molecule has 2 N–H and O–H groups in total. The molecule has 4 heterocycles. The molecule has 0 amide bonds. The third-order valence-corrected chi connectivity index (χ3v) is 7.30. The summed E-state index contributed by atoms with van der Waals surface area (Å²) in [5.74, 6) is 1.33. The van der Waals surface area contributed by atoms with Gasteiger partial charge in [-0.1, -0.05) is 53.7 Å². The van der Waals surface area contributed by atoms with Crippen LogP contribution in [0.1, 0.15) is 48.7 Å². The van der Waals surface area contributed by atoms with E-state index in [9.17, 15) is 0 Å². The van der Waals surface area contributed by atoms with Gasteiger partial charge in [-0.15, -0.1) is 11.3 Å². The van der Waals surface area contributed by atoms with Crippen LogP contribution in [-0.4, -0.2) is 28.2 Å². The number of rotatable bonds is 5. The minimum absolute atomic E-state index is 0.192. The molecule has 0 radical (unpaired) electrons. The maximum atomic E-state index is 5.47. The van der Waals surface area contributed by atoms with Crippen molar-refractivity contribution < 1.29 is 4.52 Å². The molecule has 162 valence electrons. The standard InChI is InChI=1S/C25H25N5OS/c1-3-20(26-13-1)24-29-23(30-31-24)19-11-7-17(8-12-19)16-5-9-18(10-6-16)22-15-32-25(28-22)21-4-2-14-27-21/h5-12,15,20-21,26-27H,1-4,13-14H2. The van der Waals surface area contributed by atoms with E-state index in [-0.39, 0.29) is 6.04 Å². The number of hydrogen-bond acceptors (Lipinski definition) is 7. The Morgan fingerprint density at radius 2 is 1.38 bits per heavy atom. The van der Waals surface area contributed by atoms with E-state index < -0.39 is 0 Å². The zero-order valence-electron chi connectivity index (χ0n) is 17.8. The van der Waals surface area contributed by atoms with E-state index in [2.05, 4.69) is 74.7 Å². The highest BCUT2D eigenvalue weighted by Crippen LogP contribution is 2.31. The van der Waals surface area contributed by atoms with Gasteiger partial charge in [-0.25, -0.2) is 4.98 Å². The van der Waals surface area contributed by atoms with Gasteiger partial charge in [-0.2, -0.15) is 4.98 Å². The monoisotopic (exact) mass is 443 g/mol. The average molecular weight is 444 g/mol. The van der Waals surface area contributed by atoms with Gasteiger partial charge >= 0.3 is 0 Å². The Morgan fingerprint density at radius 3 is 2.03 bits per heavy atom. The second kappa shape index (κ2) is 8.58. The maximum Gasteiger partial charge on any atom is 0.244 e. The minimum atomic E-state index is 0.192. The van der Waals surface area contributed by atoms with E-state index in [0.29, 0.717) is 17.8 Å². The number of aromatic nitrogens is 3. The van der Waals surface area contributed by atoms with Crippen LogP contribution in [-0.2, 0) is 0 Å². The van der Waals surface area contributed by atoms with Crippen molar-refractivity contribution in [1.29, 1.82) is 0 Å². The lowest BCUT2D eigenvalue weighted by Crippen LogP contribution is -2.12. The fourth-order valence-electron chi connectivity index (χ4n) is 4.51. The molecule has 4 aromatic rings. The lowest BCUT2D eigenvalue weighted by Gasteiger charge is -2.05. The third-order valence-electron chi connectivity index (χ3n) is 6.34. The van der Waals surface area contributed by atoms with Gasteiger partial charge in [-0.05, 0) is 49.9 Å². The van der Waals surface area contributed by atoms with Gasteiger partial charge in [0.05, 0.1) is 17.8 Å². The molecule has 2 aromatic carbocycles. The van der Waals surface area contributed by atoms with E-state index in [1.54, 1.807) is 11.3 Å². The molecule has 0 aliphatic carbocycles. The van der Waals surface area contributed by atoms with Crippen LogP contribution in [0.25, 0.3) is 33.8 Å². The zero-order valence-corrected chi connectivity index (χ0v) is 18.6. The Hall–Kier alpha value is -2.87. The summed E-state index contributed by atoms with van der Waals surface area (Å²) in [6.07, 6.45) is 4.62. The Labute approximate surface area is 191 Å². The van der Waals surface area contributed by atoms with Gasteiger partial charge < -0.3 is 15.2 Å². The highest BCUT2D eigenvalue weighted by atomic mass is 32.1. The highest BCUT2D eigenvalue weighted by molar-refractivity contribution is 7.10. The molecule has 2 fully saturated rings. The normalized spacial score (nSPS) is 20.8. The van der Waals surface area contributed by atoms with Gasteiger partial charge in [0.2, 0.25) is 11.7 Å². The lowest BCUT2D eigenvalue weighted by molar-refractivity contribution is 0.345. The highest BCUT2D eigenvalue weighted by Gasteiger charge is 2.23. The van der Waals surface area contributed by atoms with Crippen LogP contribution in [0.5, 0.6) is 0 Å². The molecule has 0 spiro atoms. The first-order chi connectivity index (χ1) is 15.8. The molecule has 2 aliphatic heterocycles. The molecular weight excluding hydrogens is 418 g/mol. The smallest absolute Gasteiger partial charge is 0.244 e. The first-order valence-corrected chi connectivity index (χ1v) is 12.2. The molecular formula is C25H25N5OS. The molecule has 2 unspecified atom stereocenters. The van der Waals surface area contributed by atoms with Crippen molar-refractivity contribution in [3.8, 4) is 33.8 Å². The van der Waals surface area contributed by atoms with Crippen molar-refractivity contribution >= 4 is 11.3 Å². The SMILES string of the molecule is c1cc(-c2csc(C3CCCN3)n2)ccc1-c1ccc(-c2noc(C3CCCN3)n2)cc1. The van der Waals surface area contributed by atoms with Crippen molar-refractivity contribution in [3.63, 3.8) is 0 Å². The van der Waals surface area contributed by atoms with Crippen LogP contribution in [0.2, 0.25) is 0 Å². The Balaban J connectivity index is 1.17. The Kier molecular flexibility index (Phi) is 5.30. The lowest BCUT2D eigenvalue weighted by atomic mass is 10.0. The van der Waals surface area contributed by atoms with Gasteiger partial charge in [0.1, 0.15) is 5.01 Å². The minimum Gasteiger partial charge on any atom is -0.337 e. The first kappa shape index (κ1) is 19.8. The van der Waals surface area contributed by atoms with Crippen LogP contribution >= 0.6 is 11.3 Å². The van der Waals surface area contributed by atoms with Crippen LogP contribution < -0.4 is 10.6 Å². The van der Waals surface area contributed by atoms with Gasteiger partial charge in [-0.3, -0.25) is 0 Å². The van der Waals surface area contributed by atoms with E-state index in [1.807, 2.05) is 0 Å². The van der Waals surface area contributed by atoms with Crippen LogP contribution in [0.3, 0.4) is 0 Å². The number of nitrogens with zero attached hydrogens (tertiary/aromatic N) is 3. The molecule has 2 aromatic heterocycles. The fourth-order valence-corrected chi connectivity index (χ4v) is 5.45. The van der Waals surface area contributed by atoms with Crippen molar-refractivity contribution in [2.75, 3.05) is 13.1 Å². The number of thiazole rings is 1. The summed E-state index contributed by atoms with van der Waals surface area (Å²) >= 11 is 1.75. The van der Waals surface area contributed by atoms with Crippen molar-refractivity contribution in [3.05, 3.63) is 64.8 Å². The molecule has 7 heteroatoms. The molecule has 2 aliphatic rings. The predicted molar refractivity (Wildman–Crippen MR) is 126 cm³/mol. The number of hydrogen-bond donors (Lipinski definition) is 2. The van der Waals surface area contributed by atoms with Crippen molar-refractivity contribution in [2.24, 2.45) is 0 Å². The van der Waals surface area contributed by atoms with Crippen LogP contribution in [0.4, 0.5) is 0 Å². The van der Waals surface area contributed by atoms with Crippen LogP contribution in [0, 0.1) is 0 Å². The van der Waals surface area contributed by atoms with E-state index in [1.165, 1.54) is 23.4 Å². The largest absolute Gasteiger partial charge is 0.337 e. The summed E-state index contributed by atoms with van der Waals surface area (Å²) in [5, 5.41) is 14.5. The molecule has 6 rings (SSSR count). The number of benzene rings is 2. The number of nitrogens with one attached hydrogen (secondary N) is 2. The molecule has 2 saturated heterocycles. The predicted octanol–water partition coefficient (Wildman–Crippen LogP) is 5.38. The topological polar surface area (TPSA) is 75.9 Å². The van der Waals surface area contributed by atoms with Crippen molar-refractivity contribution in [1.82, 2.24) is 25.8 Å². The third kappa shape index (κ3) is 3.88. The molecule has 2 atom stereocenters. The van der Waals surface area contributed by atoms with E-state index in [4.69, 9.17) is 9.51 Å². The zero-order chi connectivity index (χ0) is 21.3. The fraction of sp³-hybridized carbons (Fsp3) is 0.320. The average Bonchev–Trinajstić information content (AvgIpc) is 3.66. The summed E-state index contributed by atoms with van der Waals surface area (Å²) < 4.78 is 5.47. The van der Waals surface area contributed by atoms with Gasteiger partial charge in [0.15, 0.2) is 0 Å². The maximum absolute atomic E-state index is 5.47.